The summed E-state index contributed by atoms with van der Waals surface area (Å²) in [6.45, 7) is 2.75. The number of carbonyl (C=O) groups excluding carboxylic acids is 1. The second kappa shape index (κ2) is 7.36. The molecule has 1 amide bonds. The highest BCUT2D eigenvalue weighted by Crippen LogP contribution is 2.36. The monoisotopic (exact) mass is 359 g/mol. The molecule has 0 saturated heterocycles. The van der Waals surface area contributed by atoms with Crippen LogP contribution in [0.15, 0.2) is 72.8 Å². The van der Waals surface area contributed by atoms with E-state index in [1.807, 2.05) is 41.3 Å². The Morgan fingerprint density at radius 3 is 2.41 bits per heavy atom. The van der Waals surface area contributed by atoms with Crippen molar-refractivity contribution in [1.29, 1.82) is 0 Å². The number of fused-ring (bicyclic) bond motifs is 1. The summed E-state index contributed by atoms with van der Waals surface area (Å²) < 4.78 is 13.5. The number of hydrogen-bond acceptors (Lipinski definition) is 1. The lowest BCUT2D eigenvalue weighted by molar-refractivity contribution is 0.0694. The largest absolute Gasteiger partial charge is 0.327 e. The molecule has 0 aliphatic carbocycles. The van der Waals surface area contributed by atoms with E-state index in [4.69, 9.17) is 0 Å². The molecule has 1 atom stereocenters. The first-order chi connectivity index (χ1) is 13.2. The number of halogens is 1. The molecule has 0 aromatic heterocycles. The van der Waals surface area contributed by atoms with Crippen LogP contribution < -0.4 is 0 Å². The Bertz CT molecular complexity index is 947. The zero-order chi connectivity index (χ0) is 18.8. The Hall–Kier alpha value is -2.94. The van der Waals surface area contributed by atoms with E-state index in [-0.39, 0.29) is 17.8 Å². The molecule has 1 aliphatic rings. The summed E-state index contributed by atoms with van der Waals surface area (Å²) >= 11 is 0. The van der Waals surface area contributed by atoms with E-state index < -0.39 is 0 Å². The minimum absolute atomic E-state index is 0.0153. The third kappa shape index (κ3) is 3.37. The van der Waals surface area contributed by atoms with Crippen molar-refractivity contribution >= 4 is 5.91 Å². The van der Waals surface area contributed by atoms with Crippen LogP contribution >= 0.6 is 0 Å². The molecule has 3 heteroatoms. The SMILES string of the molecule is CCc1ccc(C(=O)N2CCc3ccccc3[C@@H]2c2ccc(F)cc2)cc1. The first kappa shape index (κ1) is 17.5. The average Bonchev–Trinajstić information content (AvgIpc) is 2.73. The van der Waals surface area contributed by atoms with Crippen molar-refractivity contribution in [1.82, 2.24) is 4.90 Å². The average molecular weight is 359 g/mol. The molecule has 3 aromatic carbocycles. The van der Waals surface area contributed by atoms with Gasteiger partial charge in [0.1, 0.15) is 5.82 Å². The van der Waals surface area contributed by atoms with Crippen molar-refractivity contribution in [3.8, 4) is 0 Å². The van der Waals surface area contributed by atoms with Gasteiger partial charge in [-0.05, 0) is 59.4 Å². The zero-order valence-corrected chi connectivity index (χ0v) is 15.4. The second-order valence-electron chi connectivity index (χ2n) is 6.95. The van der Waals surface area contributed by atoms with Crippen LogP contribution in [-0.2, 0) is 12.8 Å². The maximum atomic E-state index is 13.5. The highest BCUT2D eigenvalue weighted by molar-refractivity contribution is 5.95. The molecule has 0 unspecified atom stereocenters. The predicted octanol–water partition coefficient (Wildman–Crippen LogP) is 5.18. The van der Waals surface area contributed by atoms with E-state index in [0.717, 1.165) is 24.0 Å². The lowest BCUT2D eigenvalue weighted by atomic mass is 9.87. The van der Waals surface area contributed by atoms with Gasteiger partial charge in [-0.1, -0.05) is 55.5 Å². The maximum Gasteiger partial charge on any atom is 0.254 e. The molecular formula is C24H22FNO. The lowest BCUT2D eigenvalue weighted by Crippen LogP contribution is -2.40. The van der Waals surface area contributed by atoms with Gasteiger partial charge in [-0.25, -0.2) is 4.39 Å². The van der Waals surface area contributed by atoms with Gasteiger partial charge in [-0.15, -0.1) is 0 Å². The van der Waals surface area contributed by atoms with Crippen LogP contribution in [0.1, 0.15) is 45.6 Å². The number of hydrogen-bond donors (Lipinski definition) is 0. The number of rotatable bonds is 3. The molecule has 0 bridgehead atoms. The summed E-state index contributed by atoms with van der Waals surface area (Å²) in [6.07, 6.45) is 1.77. The summed E-state index contributed by atoms with van der Waals surface area (Å²) in [7, 11) is 0. The van der Waals surface area contributed by atoms with E-state index >= 15 is 0 Å². The summed E-state index contributed by atoms with van der Waals surface area (Å²) in [4.78, 5) is 15.2. The van der Waals surface area contributed by atoms with Crippen LogP contribution in [0.2, 0.25) is 0 Å². The van der Waals surface area contributed by atoms with E-state index in [0.29, 0.717) is 12.1 Å². The minimum atomic E-state index is -0.268. The fourth-order valence-corrected chi connectivity index (χ4v) is 3.84. The van der Waals surface area contributed by atoms with E-state index in [9.17, 15) is 9.18 Å². The van der Waals surface area contributed by atoms with E-state index in [2.05, 4.69) is 19.1 Å². The first-order valence-electron chi connectivity index (χ1n) is 9.40. The first-order valence-corrected chi connectivity index (χ1v) is 9.40. The van der Waals surface area contributed by atoms with Gasteiger partial charge in [0, 0.05) is 12.1 Å². The Morgan fingerprint density at radius 1 is 1.00 bits per heavy atom. The molecule has 27 heavy (non-hydrogen) atoms. The smallest absolute Gasteiger partial charge is 0.254 e. The molecule has 136 valence electrons. The van der Waals surface area contributed by atoms with Gasteiger partial charge in [-0.3, -0.25) is 4.79 Å². The van der Waals surface area contributed by atoms with Crippen LogP contribution in [0.25, 0.3) is 0 Å². The summed E-state index contributed by atoms with van der Waals surface area (Å²) in [5.74, 6) is -0.252. The molecule has 2 nitrogen and oxygen atoms in total. The standard InChI is InChI=1S/C24H22FNO/c1-2-17-7-9-20(10-8-17)24(27)26-16-15-18-5-3-4-6-22(18)23(26)19-11-13-21(25)14-12-19/h3-14,23H,2,15-16H2,1H3/t23-/m0/s1. The predicted molar refractivity (Wildman–Crippen MR) is 105 cm³/mol. The Labute approximate surface area is 159 Å². The van der Waals surface area contributed by atoms with Crippen molar-refractivity contribution in [2.24, 2.45) is 0 Å². The number of aryl methyl sites for hydroxylation is 1. The van der Waals surface area contributed by atoms with Gasteiger partial charge < -0.3 is 4.90 Å². The molecule has 0 saturated carbocycles. The third-order valence-corrected chi connectivity index (χ3v) is 5.34. The van der Waals surface area contributed by atoms with Gasteiger partial charge in [0.15, 0.2) is 0 Å². The van der Waals surface area contributed by atoms with Gasteiger partial charge in [-0.2, -0.15) is 0 Å². The number of nitrogens with zero attached hydrogens (tertiary/aromatic N) is 1. The Balaban J connectivity index is 1.75. The molecule has 3 aromatic rings. The molecule has 4 rings (SSSR count). The molecule has 1 aliphatic heterocycles. The normalized spacial score (nSPS) is 16.1. The van der Waals surface area contributed by atoms with Crippen LogP contribution in [0.4, 0.5) is 4.39 Å². The van der Waals surface area contributed by atoms with E-state index in [1.54, 1.807) is 12.1 Å². The highest BCUT2D eigenvalue weighted by atomic mass is 19.1. The quantitative estimate of drug-likeness (QED) is 0.631. The van der Waals surface area contributed by atoms with Gasteiger partial charge >= 0.3 is 0 Å². The fourth-order valence-electron chi connectivity index (χ4n) is 3.84. The number of carbonyl (C=O) groups is 1. The fraction of sp³-hybridized carbons (Fsp3) is 0.208. The van der Waals surface area contributed by atoms with Crippen LogP contribution in [0.5, 0.6) is 0 Å². The van der Waals surface area contributed by atoms with Gasteiger partial charge in [0.25, 0.3) is 5.91 Å². The molecular weight excluding hydrogens is 337 g/mol. The maximum absolute atomic E-state index is 13.5. The van der Waals surface area contributed by atoms with Gasteiger partial charge in [0.2, 0.25) is 0 Å². The molecule has 0 radical (unpaired) electrons. The van der Waals surface area contributed by atoms with Crippen LogP contribution in [-0.4, -0.2) is 17.4 Å². The topological polar surface area (TPSA) is 20.3 Å². The molecule has 1 heterocycles. The number of benzene rings is 3. The summed E-state index contributed by atoms with van der Waals surface area (Å²) in [6, 6.07) is 22.3. The van der Waals surface area contributed by atoms with Crippen molar-refractivity contribution in [2.75, 3.05) is 6.54 Å². The summed E-state index contributed by atoms with van der Waals surface area (Å²) in [5, 5.41) is 0. The van der Waals surface area contributed by atoms with E-state index in [1.165, 1.54) is 23.3 Å². The van der Waals surface area contributed by atoms with Crippen molar-refractivity contribution in [3.05, 3.63) is 106 Å². The molecule has 0 spiro atoms. The molecule has 0 N–H and O–H groups in total. The van der Waals surface area contributed by atoms with Crippen LogP contribution in [0.3, 0.4) is 0 Å². The van der Waals surface area contributed by atoms with Gasteiger partial charge in [0.05, 0.1) is 6.04 Å². The number of amides is 1. The highest BCUT2D eigenvalue weighted by Gasteiger charge is 2.32. The molecule has 0 fully saturated rings. The van der Waals surface area contributed by atoms with Crippen molar-refractivity contribution in [3.63, 3.8) is 0 Å². The Morgan fingerprint density at radius 2 is 1.70 bits per heavy atom. The lowest BCUT2D eigenvalue weighted by Gasteiger charge is -2.38. The summed E-state index contributed by atoms with van der Waals surface area (Å²) in [5.41, 5.74) is 5.21. The van der Waals surface area contributed by atoms with Crippen LogP contribution in [0, 0.1) is 5.82 Å². The minimum Gasteiger partial charge on any atom is -0.327 e. The Kier molecular flexibility index (Phi) is 4.76. The second-order valence-corrected chi connectivity index (χ2v) is 6.95. The zero-order valence-electron chi connectivity index (χ0n) is 15.4. The van der Waals surface area contributed by atoms with Crippen molar-refractivity contribution in [2.45, 2.75) is 25.8 Å². The van der Waals surface area contributed by atoms with Crippen molar-refractivity contribution < 1.29 is 9.18 Å². The third-order valence-electron chi connectivity index (χ3n) is 5.34.